The highest BCUT2D eigenvalue weighted by molar-refractivity contribution is 5.68. The summed E-state index contributed by atoms with van der Waals surface area (Å²) in [6.07, 6.45) is -3.39. The van der Waals surface area contributed by atoms with Gasteiger partial charge >= 0.3 is 6.09 Å². The number of likely N-dealkylation sites (tertiary alicyclic amines) is 1. The number of piperidine rings is 1. The third-order valence-electron chi connectivity index (χ3n) is 3.05. The average molecular weight is 294 g/mol. The molecule has 118 valence electrons. The van der Waals surface area contributed by atoms with Gasteiger partial charge in [-0.2, -0.15) is 0 Å². The van der Waals surface area contributed by atoms with E-state index >= 15 is 0 Å². The highest BCUT2D eigenvalue weighted by Crippen LogP contribution is 2.15. The smallest absolute Gasteiger partial charge is 0.410 e. The van der Waals surface area contributed by atoms with Gasteiger partial charge in [0.15, 0.2) is 0 Å². The van der Waals surface area contributed by atoms with Gasteiger partial charge in [-0.25, -0.2) is 13.6 Å². The molecule has 1 unspecified atom stereocenters. The Morgan fingerprint density at radius 2 is 1.95 bits per heavy atom. The van der Waals surface area contributed by atoms with Crippen molar-refractivity contribution in [1.29, 1.82) is 0 Å². The summed E-state index contributed by atoms with van der Waals surface area (Å²) in [5.74, 6) is 0. The van der Waals surface area contributed by atoms with Crippen molar-refractivity contribution in [2.45, 2.75) is 57.8 Å². The van der Waals surface area contributed by atoms with E-state index in [4.69, 9.17) is 9.84 Å². The highest BCUT2D eigenvalue weighted by Gasteiger charge is 2.27. The quantitative estimate of drug-likeness (QED) is 0.827. The highest BCUT2D eigenvalue weighted by atomic mass is 19.3. The molecule has 20 heavy (non-hydrogen) atoms. The van der Waals surface area contributed by atoms with Crippen molar-refractivity contribution in [2.24, 2.45) is 0 Å². The summed E-state index contributed by atoms with van der Waals surface area (Å²) in [7, 11) is 0. The van der Waals surface area contributed by atoms with Gasteiger partial charge < -0.3 is 20.1 Å². The third kappa shape index (κ3) is 6.00. The van der Waals surface area contributed by atoms with E-state index < -0.39 is 18.1 Å². The minimum atomic E-state index is -2.73. The number of alkyl halides is 2. The van der Waals surface area contributed by atoms with Gasteiger partial charge in [0.05, 0.1) is 0 Å². The van der Waals surface area contributed by atoms with Gasteiger partial charge in [-0.1, -0.05) is 0 Å². The summed E-state index contributed by atoms with van der Waals surface area (Å²) in [4.78, 5) is 13.4. The molecule has 1 atom stereocenters. The molecule has 7 heteroatoms. The van der Waals surface area contributed by atoms with Gasteiger partial charge in [0.1, 0.15) is 11.7 Å². The van der Waals surface area contributed by atoms with Crippen molar-refractivity contribution in [3.8, 4) is 0 Å². The van der Waals surface area contributed by atoms with Crippen LogP contribution in [0.2, 0.25) is 0 Å². The number of carbonyl (C=O) groups excluding carboxylic acids is 1. The molecular weight excluding hydrogens is 270 g/mol. The van der Waals surface area contributed by atoms with Crippen LogP contribution in [0.3, 0.4) is 0 Å². The number of nitrogens with zero attached hydrogens (tertiary/aromatic N) is 1. The summed E-state index contributed by atoms with van der Waals surface area (Å²) in [5, 5.41) is 11.9. The molecule has 0 radical (unpaired) electrons. The maximum absolute atomic E-state index is 12.1. The number of hydrogen-bond donors (Lipinski definition) is 2. The van der Waals surface area contributed by atoms with Crippen LogP contribution in [0.1, 0.15) is 33.6 Å². The van der Waals surface area contributed by atoms with Crippen molar-refractivity contribution in [3.05, 3.63) is 0 Å². The van der Waals surface area contributed by atoms with Crippen LogP contribution in [0.15, 0.2) is 0 Å². The lowest BCUT2D eigenvalue weighted by molar-refractivity contribution is -0.00654. The first-order valence-electron chi connectivity index (χ1n) is 6.86. The van der Waals surface area contributed by atoms with Gasteiger partial charge in [-0.15, -0.1) is 0 Å². The van der Waals surface area contributed by atoms with E-state index in [0.717, 1.165) is 0 Å². The Labute approximate surface area is 118 Å². The van der Waals surface area contributed by atoms with E-state index in [2.05, 4.69) is 5.32 Å². The van der Waals surface area contributed by atoms with E-state index in [1.807, 2.05) is 20.8 Å². The number of ether oxygens (including phenoxy) is 1. The maximum Gasteiger partial charge on any atom is 0.410 e. The molecule has 0 aromatic carbocycles. The molecule has 0 aromatic heterocycles. The van der Waals surface area contributed by atoms with Crippen LogP contribution in [0.4, 0.5) is 13.6 Å². The van der Waals surface area contributed by atoms with Crippen LogP contribution >= 0.6 is 0 Å². The van der Waals surface area contributed by atoms with Crippen molar-refractivity contribution in [1.82, 2.24) is 10.2 Å². The molecule has 1 saturated heterocycles. The van der Waals surface area contributed by atoms with Crippen molar-refractivity contribution in [3.63, 3.8) is 0 Å². The van der Waals surface area contributed by atoms with Gasteiger partial charge in [-0.05, 0) is 33.6 Å². The number of hydrogen-bond acceptors (Lipinski definition) is 4. The first-order chi connectivity index (χ1) is 9.19. The second-order valence-electron chi connectivity index (χ2n) is 6.05. The maximum atomic E-state index is 12.1. The standard InChI is InChI=1S/C13H24F2N2O3/c1-13(2,3)20-12(19)17-6-4-9(5-7-17)16-8-10(18)11(14)15/h9-11,16,18H,4-8H2,1-3H3. The van der Waals surface area contributed by atoms with Crippen molar-refractivity contribution < 1.29 is 23.4 Å². The fourth-order valence-electron chi connectivity index (χ4n) is 1.97. The summed E-state index contributed by atoms with van der Waals surface area (Å²) >= 11 is 0. The Morgan fingerprint density at radius 1 is 1.40 bits per heavy atom. The molecular formula is C13H24F2N2O3. The molecule has 0 saturated carbocycles. The predicted octanol–water partition coefficient (Wildman–Crippen LogP) is 1.60. The van der Waals surface area contributed by atoms with Gasteiger partial charge in [0.2, 0.25) is 0 Å². The molecule has 0 aliphatic carbocycles. The Balaban J connectivity index is 2.28. The average Bonchev–Trinajstić information content (AvgIpc) is 2.34. The predicted molar refractivity (Wildman–Crippen MR) is 70.8 cm³/mol. The van der Waals surface area contributed by atoms with Crippen LogP contribution in [-0.2, 0) is 4.74 Å². The van der Waals surface area contributed by atoms with Crippen LogP contribution in [0.5, 0.6) is 0 Å². The largest absolute Gasteiger partial charge is 0.444 e. The molecule has 1 fully saturated rings. The Hall–Kier alpha value is -0.950. The molecule has 0 aromatic rings. The molecule has 1 aliphatic heterocycles. The van der Waals surface area contributed by atoms with E-state index in [1.54, 1.807) is 4.90 Å². The summed E-state index contributed by atoms with van der Waals surface area (Å²) < 4.78 is 29.6. The lowest BCUT2D eigenvalue weighted by Gasteiger charge is -2.34. The molecule has 1 heterocycles. The first-order valence-corrected chi connectivity index (χ1v) is 6.86. The van der Waals surface area contributed by atoms with Crippen molar-refractivity contribution in [2.75, 3.05) is 19.6 Å². The van der Waals surface area contributed by atoms with Crippen LogP contribution < -0.4 is 5.32 Å². The van der Waals surface area contributed by atoms with Crippen molar-refractivity contribution >= 4 is 6.09 Å². The van der Waals surface area contributed by atoms with E-state index in [1.165, 1.54) is 0 Å². The van der Waals surface area contributed by atoms with E-state index in [-0.39, 0.29) is 18.7 Å². The molecule has 0 bridgehead atoms. The van der Waals surface area contributed by atoms with Crippen LogP contribution in [0.25, 0.3) is 0 Å². The lowest BCUT2D eigenvalue weighted by Crippen LogP contribution is -2.48. The summed E-state index contributed by atoms with van der Waals surface area (Å²) in [6.45, 7) is 6.35. The summed E-state index contributed by atoms with van der Waals surface area (Å²) in [6, 6.07) is 0.0436. The van der Waals surface area contributed by atoms with E-state index in [9.17, 15) is 13.6 Å². The minimum Gasteiger partial charge on any atom is -0.444 e. The topological polar surface area (TPSA) is 61.8 Å². The fourth-order valence-corrected chi connectivity index (χ4v) is 1.97. The Kier molecular flexibility index (Phi) is 6.13. The van der Waals surface area contributed by atoms with E-state index in [0.29, 0.717) is 25.9 Å². The van der Waals surface area contributed by atoms with Gasteiger partial charge in [-0.3, -0.25) is 0 Å². The zero-order chi connectivity index (χ0) is 15.3. The number of aliphatic hydroxyl groups is 1. The van der Waals surface area contributed by atoms with Crippen LogP contribution in [0, 0.1) is 0 Å². The van der Waals surface area contributed by atoms with Gasteiger partial charge in [0, 0.05) is 25.7 Å². The molecule has 5 nitrogen and oxygen atoms in total. The fraction of sp³-hybridized carbons (Fsp3) is 0.923. The second-order valence-corrected chi connectivity index (χ2v) is 6.05. The Bertz CT molecular complexity index is 313. The lowest BCUT2D eigenvalue weighted by atomic mass is 10.1. The molecule has 0 spiro atoms. The van der Waals surface area contributed by atoms with Crippen LogP contribution in [-0.4, -0.2) is 59.9 Å². The number of carbonyl (C=O) groups is 1. The minimum absolute atomic E-state index is 0.0436. The first kappa shape index (κ1) is 17.1. The SMILES string of the molecule is CC(C)(C)OC(=O)N1CCC(NCC(O)C(F)F)CC1. The molecule has 1 aliphatic rings. The zero-order valence-corrected chi connectivity index (χ0v) is 12.2. The second kappa shape index (κ2) is 7.17. The zero-order valence-electron chi connectivity index (χ0n) is 12.2. The summed E-state index contributed by atoms with van der Waals surface area (Å²) in [5.41, 5.74) is -0.520. The number of halogens is 2. The molecule has 1 amide bonds. The molecule has 1 rings (SSSR count). The monoisotopic (exact) mass is 294 g/mol. The number of aliphatic hydroxyl groups excluding tert-OH is 1. The van der Waals surface area contributed by atoms with Gasteiger partial charge in [0.25, 0.3) is 6.43 Å². The third-order valence-corrected chi connectivity index (χ3v) is 3.05. The number of rotatable bonds is 4. The number of nitrogens with one attached hydrogen (secondary N) is 1. The Morgan fingerprint density at radius 3 is 2.40 bits per heavy atom. The number of amides is 1. The normalized spacial score (nSPS) is 19.2. The molecule has 2 N–H and O–H groups in total.